The number of carbonyl (C=O) groups excluding carboxylic acids is 1. The highest BCUT2D eigenvalue weighted by Crippen LogP contribution is 2.07. The van der Waals surface area contributed by atoms with E-state index in [4.69, 9.17) is 17.3 Å². The van der Waals surface area contributed by atoms with Crippen LogP contribution >= 0.6 is 24.0 Å². The van der Waals surface area contributed by atoms with Crippen molar-refractivity contribution in [2.75, 3.05) is 12.0 Å². The molecule has 0 aromatic carbocycles. The Hall–Kier alpha value is -0.620. The van der Waals surface area contributed by atoms with Gasteiger partial charge >= 0.3 is 5.97 Å². The van der Waals surface area contributed by atoms with E-state index in [9.17, 15) is 9.59 Å². The molecule has 2 N–H and O–H groups in total. The molecule has 0 rings (SSSR count). The number of hydrogen-bond donors (Lipinski definition) is 2. The monoisotopic (exact) mass is 277 g/mol. The third kappa shape index (κ3) is 7.33. The Labute approximate surface area is 112 Å². The van der Waals surface area contributed by atoms with E-state index in [1.54, 1.807) is 11.8 Å². The average molecular weight is 277 g/mol. The van der Waals surface area contributed by atoms with Gasteiger partial charge in [0, 0.05) is 12.3 Å². The van der Waals surface area contributed by atoms with Crippen LogP contribution in [0.2, 0.25) is 0 Å². The molecular weight excluding hydrogens is 258 g/mol. The van der Waals surface area contributed by atoms with Gasteiger partial charge < -0.3 is 15.2 Å². The predicted molar refractivity (Wildman–Crippen MR) is 74.6 cm³/mol. The molecule has 2 atom stereocenters. The summed E-state index contributed by atoms with van der Waals surface area (Å²) < 4.78 is 0. The van der Waals surface area contributed by atoms with Crippen molar-refractivity contribution in [1.82, 2.24) is 5.32 Å². The van der Waals surface area contributed by atoms with Crippen LogP contribution in [0.15, 0.2) is 0 Å². The van der Waals surface area contributed by atoms with Gasteiger partial charge in [-0.05, 0) is 25.4 Å². The number of thiocarbonyl (C=S) groups is 1. The largest absolute Gasteiger partial charge is 0.480 e. The second-order valence-electron chi connectivity index (χ2n) is 3.99. The summed E-state index contributed by atoms with van der Waals surface area (Å²) >= 11 is 6.70. The molecule has 0 saturated carbocycles. The Morgan fingerprint density at radius 3 is 2.47 bits per heavy atom. The fourth-order valence-electron chi connectivity index (χ4n) is 1.33. The lowest BCUT2D eigenvalue weighted by molar-refractivity contribution is -0.139. The number of rotatable bonds is 8. The number of nitrogens with one attached hydrogen (secondary N) is 1. The molecule has 0 fully saturated rings. The maximum Gasteiger partial charge on any atom is 0.326 e. The molecule has 98 valence electrons. The molecule has 0 spiro atoms. The fourth-order valence-corrected chi connectivity index (χ4v) is 2.03. The van der Waals surface area contributed by atoms with Gasteiger partial charge in [-0.15, -0.1) is 0 Å². The van der Waals surface area contributed by atoms with Crippen LogP contribution in [0.5, 0.6) is 0 Å². The predicted octanol–water partition coefficient (Wildman–Crippen LogP) is 1.72. The summed E-state index contributed by atoms with van der Waals surface area (Å²) in [6.07, 6.45) is 2.79. The van der Waals surface area contributed by atoms with Gasteiger partial charge in [0.1, 0.15) is 11.8 Å². The zero-order valence-corrected chi connectivity index (χ0v) is 12.0. The minimum Gasteiger partial charge on any atom is -0.480 e. The van der Waals surface area contributed by atoms with Crippen molar-refractivity contribution >= 4 is 40.7 Å². The Morgan fingerprint density at radius 2 is 2.06 bits per heavy atom. The number of Topliss-reactive ketones (excluding diaryl/α,β-unsaturated/α-hetero) is 1. The lowest BCUT2D eigenvalue weighted by Crippen LogP contribution is -2.42. The first kappa shape index (κ1) is 16.4. The van der Waals surface area contributed by atoms with Crippen LogP contribution in [-0.2, 0) is 9.59 Å². The Bertz CT molecular complexity index is 294. The number of aliphatic carboxylic acids is 1. The van der Waals surface area contributed by atoms with Crippen LogP contribution in [0, 0.1) is 5.92 Å². The van der Waals surface area contributed by atoms with Gasteiger partial charge in [0.15, 0.2) is 0 Å². The number of hydrogen-bond acceptors (Lipinski definition) is 4. The van der Waals surface area contributed by atoms with Crippen LogP contribution in [0.25, 0.3) is 0 Å². The van der Waals surface area contributed by atoms with Gasteiger partial charge in [0.25, 0.3) is 0 Å². The van der Waals surface area contributed by atoms with E-state index in [2.05, 4.69) is 5.32 Å². The van der Waals surface area contributed by atoms with E-state index in [-0.39, 0.29) is 11.7 Å². The van der Waals surface area contributed by atoms with Crippen molar-refractivity contribution in [3.05, 3.63) is 0 Å². The highest BCUT2D eigenvalue weighted by molar-refractivity contribution is 7.98. The van der Waals surface area contributed by atoms with Crippen molar-refractivity contribution in [1.29, 1.82) is 0 Å². The summed E-state index contributed by atoms with van der Waals surface area (Å²) in [6, 6.07) is -0.663. The minimum absolute atomic E-state index is 0.0534. The molecular formula is C11H19NO3S2. The van der Waals surface area contributed by atoms with Crippen LogP contribution in [0.4, 0.5) is 0 Å². The third-order valence-electron chi connectivity index (χ3n) is 2.27. The second kappa shape index (κ2) is 8.47. The minimum atomic E-state index is -0.906. The van der Waals surface area contributed by atoms with E-state index < -0.39 is 12.0 Å². The summed E-state index contributed by atoms with van der Waals surface area (Å²) in [5.41, 5.74) is 0. The Morgan fingerprint density at radius 1 is 1.47 bits per heavy atom. The smallest absolute Gasteiger partial charge is 0.326 e. The molecule has 17 heavy (non-hydrogen) atoms. The van der Waals surface area contributed by atoms with Crippen molar-refractivity contribution in [2.45, 2.75) is 32.7 Å². The summed E-state index contributed by atoms with van der Waals surface area (Å²) in [4.78, 5) is 22.4. The molecule has 0 aromatic rings. The quantitative estimate of drug-likeness (QED) is 0.659. The van der Waals surface area contributed by atoms with Crippen molar-refractivity contribution in [3.8, 4) is 0 Å². The molecule has 0 saturated heterocycles. The second-order valence-corrected chi connectivity index (χ2v) is 5.41. The normalized spacial score (nSPS) is 13.8. The van der Waals surface area contributed by atoms with Gasteiger partial charge in [0.2, 0.25) is 0 Å². The first-order valence-corrected chi connectivity index (χ1v) is 7.20. The van der Waals surface area contributed by atoms with E-state index in [0.29, 0.717) is 17.8 Å². The summed E-state index contributed by atoms with van der Waals surface area (Å²) in [5.74, 6) is -0.207. The molecule has 0 amide bonds. The summed E-state index contributed by atoms with van der Waals surface area (Å²) in [7, 11) is 0. The standard InChI is InChI=1S/C11H19NO3S2/c1-7(6-8(2)13)10(16)12-9(11(14)15)4-5-17-3/h7,9H,4-6H2,1-3H3,(H,12,16)(H,14,15)/t7?,9-/m0/s1. The van der Waals surface area contributed by atoms with Gasteiger partial charge in [-0.3, -0.25) is 0 Å². The van der Waals surface area contributed by atoms with Crippen molar-refractivity contribution in [2.24, 2.45) is 5.92 Å². The molecule has 0 bridgehead atoms. The number of carboxylic acids is 1. The van der Waals surface area contributed by atoms with E-state index in [0.717, 1.165) is 5.75 Å². The molecule has 0 heterocycles. The molecule has 0 aliphatic carbocycles. The van der Waals surface area contributed by atoms with E-state index >= 15 is 0 Å². The van der Waals surface area contributed by atoms with Crippen LogP contribution in [0.3, 0.4) is 0 Å². The number of carbonyl (C=O) groups is 2. The highest BCUT2D eigenvalue weighted by Gasteiger charge is 2.20. The molecule has 6 heteroatoms. The number of thioether (sulfide) groups is 1. The van der Waals surface area contributed by atoms with E-state index in [1.807, 2.05) is 13.2 Å². The topological polar surface area (TPSA) is 66.4 Å². The number of ketones is 1. The van der Waals surface area contributed by atoms with Crippen molar-refractivity contribution < 1.29 is 14.7 Å². The summed E-state index contributed by atoms with van der Waals surface area (Å²) in [5, 5.41) is 11.8. The number of carboxylic acid groups (broad SMARTS) is 1. The first-order chi connectivity index (χ1) is 7.88. The van der Waals surface area contributed by atoms with Crippen LogP contribution < -0.4 is 5.32 Å². The van der Waals surface area contributed by atoms with Gasteiger partial charge in [0.05, 0.1) is 4.99 Å². The van der Waals surface area contributed by atoms with Gasteiger partial charge in [-0.1, -0.05) is 19.1 Å². The molecule has 0 aromatic heterocycles. The Balaban J connectivity index is 4.29. The average Bonchev–Trinajstić information content (AvgIpc) is 2.22. The van der Waals surface area contributed by atoms with Crippen molar-refractivity contribution in [3.63, 3.8) is 0 Å². The van der Waals surface area contributed by atoms with Gasteiger partial charge in [-0.2, -0.15) is 11.8 Å². The molecule has 1 unspecified atom stereocenters. The highest BCUT2D eigenvalue weighted by atomic mass is 32.2. The maximum absolute atomic E-state index is 11.0. The SMILES string of the molecule is CSCC[C@H](NC(=S)C(C)CC(C)=O)C(=O)O. The Kier molecular flexibility index (Phi) is 8.16. The lowest BCUT2D eigenvalue weighted by Gasteiger charge is -2.19. The molecule has 0 aliphatic rings. The zero-order chi connectivity index (χ0) is 13.4. The fraction of sp³-hybridized carbons (Fsp3) is 0.727. The van der Waals surface area contributed by atoms with Gasteiger partial charge in [-0.25, -0.2) is 4.79 Å². The van der Waals surface area contributed by atoms with E-state index in [1.165, 1.54) is 6.92 Å². The maximum atomic E-state index is 11.0. The molecule has 0 radical (unpaired) electrons. The van der Waals surface area contributed by atoms with Crippen LogP contribution in [-0.4, -0.2) is 39.9 Å². The third-order valence-corrected chi connectivity index (χ3v) is 3.43. The lowest BCUT2D eigenvalue weighted by atomic mass is 10.0. The molecule has 4 nitrogen and oxygen atoms in total. The first-order valence-electron chi connectivity index (χ1n) is 5.40. The van der Waals surface area contributed by atoms with Crippen LogP contribution in [0.1, 0.15) is 26.7 Å². The zero-order valence-electron chi connectivity index (χ0n) is 10.4. The summed E-state index contributed by atoms with van der Waals surface area (Å²) in [6.45, 7) is 3.33. The molecule has 0 aliphatic heterocycles.